The molecule has 1 fully saturated rings. The molecule has 0 radical (unpaired) electrons. The van der Waals surface area contributed by atoms with Crippen LogP contribution < -0.4 is 14.8 Å². The highest BCUT2D eigenvalue weighted by Gasteiger charge is 2.52. The van der Waals surface area contributed by atoms with Gasteiger partial charge in [0.15, 0.2) is 11.5 Å². The van der Waals surface area contributed by atoms with Gasteiger partial charge in [-0.2, -0.15) is 0 Å². The van der Waals surface area contributed by atoms with Crippen LogP contribution in [0.15, 0.2) is 23.8 Å². The zero-order valence-corrected chi connectivity index (χ0v) is 19.9. The number of hydrogen-bond donors (Lipinski definition) is 4. The Kier molecular flexibility index (Phi) is 7.16. The quantitative estimate of drug-likeness (QED) is 0.415. The zero-order chi connectivity index (χ0) is 24.6. The molecule has 1 saturated carbocycles. The smallest absolute Gasteiger partial charge is 0.247 e. The third-order valence-corrected chi connectivity index (χ3v) is 6.78. The summed E-state index contributed by atoms with van der Waals surface area (Å²) in [5.74, 6) is -0.149. The van der Waals surface area contributed by atoms with E-state index in [2.05, 4.69) is 5.32 Å². The molecule has 1 heterocycles. The van der Waals surface area contributed by atoms with Gasteiger partial charge in [-0.1, -0.05) is 13.8 Å². The number of carbonyl (C=O) groups is 2. The van der Waals surface area contributed by atoms with E-state index >= 15 is 0 Å². The van der Waals surface area contributed by atoms with Crippen LogP contribution in [0.5, 0.6) is 11.5 Å². The van der Waals surface area contributed by atoms with Crippen molar-refractivity contribution in [2.24, 2.45) is 11.8 Å². The molecule has 3 aliphatic rings. The van der Waals surface area contributed by atoms with Crippen LogP contribution in [0.4, 0.5) is 0 Å². The van der Waals surface area contributed by atoms with E-state index in [4.69, 9.17) is 9.47 Å². The lowest BCUT2D eigenvalue weighted by Gasteiger charge is -2.41. The minimum absolute atomic E-state index is 0.0746. The molecule has 9 heteroatoms. The Labute approximate surface area is 199 Å². The standard InChI is InChI=1S/C25H34N2O7/c1-13(2)25(32)27(11-14-4-5-14)18-10-17(24(31)26-6-7-28)20-16-8-15(12-29)9-19(33-3)22(16)34-23(20)21(18)30/h8-10,13-14,18,20-21,23,28-30H,4-7,11-12H2,1-3H3,(H,26,31). The summed E-state index contributed by atoms with van der Waals surface area (Å²) in [6.07, 6.45) is 1.86. The maximum atomic E-state index is 13.2. The fourth-order valence-corrected chi connectivity index (χ4v) is 4.89. The average Bonchev–Trinajstić information content (AvgIpc) is 3.57. The molecule has 2 amide bonds. The number of carbonyl (C=O) groups excluding carboxylic acids is 2. The van der Waals surface area contributed by atoms with E-state index in [-0.39, 0.29) is 31.6 Å². The fraction of sp³-hybridized carbons (Fsp3) is 0.600. The number of amides is 2. The third kappa shape index (κ3) is 4.52. The van der Waals surface area contributed by atoms with Crippen molar-refractivity contribution in [1.29, 1.82) is 0 Å². The highest BCUT2D eigenvalue weighted by atomic mass is 16.5. The first-order valence-electron chi connectivity index (χ1n) is 11.9. The maximum Gasteiger partial charge on any atom is 0.247 e. The van der Waals surface area contributed by atoms with Crippen molar-refractivity contribution in [3.63, 3.8) is 0 Å². The second-order valence-corrected chi connectivity index (χ2v) is 9.61. The normalized spacial score (nSPS) is 25.2. The lowest BCUT2D eigenvalue weighted by Crippen LogP contribution is -2.56. The van der Waals surface area contributed by atoms with Crippen molar-refractivity contribution in [3.05, 3.63) is 34.9 Å². The summed E-state index contributed by atoms with van der Waals surface area (Å²) >= 11 is 0. The number of aliphatic hydroxyl groups excluding tert-OH is 3. The molecule has 4 atom stereocenters. The molecule has 4 N–H and O–H groups in total. The van der Waals surface area contributed by atoms with E-state index in [1.807, 2.05) is 13.8 Å². The van der Waals surface area contributed by atoms with Crippen LogP contribution in [0.25, 0.3) is 0 Å². The average molecular weight is 475 g/mol. The monoisotopic (exact) mass is 474 g/mol. The molecule has 9 nitrogen and oxygen atoms in total. The largest absolute Gasteiger partial charge is 0.493 e. The van der Waals surface area contributed by atoms with Gasteiger partial charge >= 0.3 is 0 Å². The molecular weight excluding hydrogens is 440 g/mol. The fourth-order valence-electron chi connectivity index (χ4n) is 4.89. The van der Waals surface area contributed by atoms with Gasteiger partial charge < -0.3 is 35.0 Å². The number of nitrogens with zero attached hydrogens (tertiary/aromatic N) is 1. The van der Waals surface area contributed by atoms with Gasteiger partial charge in [0.1, 0.15) is 12.2 Å². The van der Waals surface area contributed by atoms with E-state index in [9.17, 15) is 24.9 Å². The molecule has 4 rings (SSSR count). The summed E-state index contributed by atoms with van der Waals surface area (Å²) in [7, 11) is 1.49. The predicted molar refractivity (Wildman–Crippen MR) is 123 cm³/mol. The Bertz CT molecular complexity index is 972. The second-order valence-electron chi connectivity index (χ2n) is 9.61. The van der Waals surface area contributed by atoms with Gasteiger partial charge in [-0.3, -0.25) is 9.59 Å². The van der Waals surface area contributed by atoms with Gasteiger partial charge in [0.2, 0.25) is 11.8 Å². The van der Waals surface area contributed by atoms with Crippen molar-refractivity contribution in [2.75, 3.05) is 26.8 Å². The highest BCUT2D eigenvalue weighted by molar-refractivity contribution is 5.96. The number of hydrogen-bond acceptors (Lipinski definition) is 7. The van der Waals surface area contributed by atoms with Gasteiger partial charge in [0.05, 0.1) is 32.3 Å². The second kappa shape index (κ2) is 9.93. The number of methoxy groups -OCH3 is 1. The van der Waals surface area contributed by atoms with Crippen molar-refractivity contribution < 1.29 is 34.4 Å². The maximum absolute atomic E-state index is 13.2. The van der Waals surface area contributed by atoms with E-state index in [1.54, 1.807) is 23.1 Å². The van der Waals surface area contributed by atoms with Crippen LogP contribution in [0.2, 0.25) is 0 Å². The number of benzene rings is 1. The Hall–Kier alpha value is -2.62. The summed E-state index contributed by atoms with van der Waals surface area (Å²) in [4.78, 5) is 28.1. The lowest BCUT2D eigenvalue weighted by molar-refractivity contribution is -0.140. The molecule has 186 valence electrons. The van der Waals surface area contributed by atoms with Crippen LogP contribution in [0.1, 0.15) is 43.7 Å². The highest BCUT2D eigenvalue weighted by Crippen LogP contribution is 2.51. The number of nitrogens with one attached hydrogen (secondary N) is 1. The number of fused-ring (bicyclic) bond motifs is 3. The van der Waals surface area contributed by atoms with Crippen molar-refractivity contribution in [2.45, 2.75) is 57.5 Å². The molecule has 1 aromatic carbocycles. The molecular formula is C25H34N2O7. The molecule has 1 aromatic rings. The van der Waals surface area contributed by atoms with Gasteiger partial charge in [0.25, 0.3) is 0 Å². The SMILES string of the molecule is COc1cc(CO)cc2c1OC1C2C(C(=O)NCCO)=CC(N(CC2CC2)C(=O)C(C)C)C1O. The first-order chi connectivity index (χ1) is 16.3. The summed E-state index contributed by atoms with van der Waals surface area (Å²) < 4.78 is 11.7. The van der Waals surface area contributed by atoms with E-state index < -0.39 is 30.1 Å². The minimum atomic E-state index is -1.07. The Morgan fingerprint density at radius 3 is 2.59 bits per heavy atom. The predicted octanol–water partition coefficient (Wildman–Crippen LogP) is 0.705. The molecule has 0 aromatic heterocycles. The number of aliphatic hydroxyl groups is 3. The summed E-state index contributed by atoms with van der Waals surface area (Å²) in [6, 6.07) is 2.69. The van der Waals surface area contributed by atoms with Crippen molar-refractivity contribution >= 4 is 11.8 Å². The molecule has 34 heavy (non-hydrogen) atoms. The van der Waals surface area contributed by atoms with Gasteiger partial charge in [-0.05, 0) is 42.5 Å². The molecule has 2 aliphatic carbocycles. The van der Waals surface area contributed by atoms with Gasteiger partial charge in [-0.15, -0.1) is 0 Å². The van der Waals surface area contributed by atoms with Gasteiger partial charge in [0, 0.05) is 30.1 Å². The van der Waals surface area contributed by atoms with Crippen LogP contribution in [-0.2, 0) is 16.2 Å². The van der Waals surface area contributed by atoms with Crippen molar-refractivity contribution in [1.82, 2.24) is 10.2 Å². The van der Waals surface area contributed by atoms with Gasteiger partial charge in [-0.25, -0.2) is 0 Å². The van der Waals surface area contributed by atoms with Crippen LogP contribution >= 0.6 is 0 Å². The van der Waals surface area contributed by atoms with E-state index in [0.717, 1.165) is 12.8 Å². The summed E-state index contributed by atoms with van der Waals surface area (Å²) in [5, 5.41) is 33.1. The lowest BCUT2D eigenvalue weighted by atomic mass is 9.77. The van der Waals surface area contributed by atoms with Crippen molar-refractivity contribution in [3.8, 4) is 11.5 Å². The van der Waals surface area contributed by atoms with Crippen LogP contribution in [0.3, 0.4) is 0 Å². The van der Waals surface area contributed by atoms with E-state index in [1.165, 1.54) is 7.11 Å². The van der Waals surface area contributed by atoms with Crippen LogP contribution in [0, 0.1) is 11.8 Å². The van der Waals surface area contributed by atoms with E-state index in [0.29, 0.717) is 40.7 Å². The number of rotatable bonds is 9. The summed E-state index contributed by atoms with van der Waals surface area (Å²) in [6.45, 7) is 3.80. The zero-order valence-electron chi connectivity index (χ0n) is 19.9. The first kappa shape index (κ1) is 24.5. The summed E-state index contributed by atoms with van der Waals surface area (Å²) in [5.41, 5.74) is 1.60. The Morgan fingerprint density at radius 2 is 2.00 bits per heavy atom. The Balaban J connectivity index is 1.80. The molecule has 4 unspecified atom stereocenters. The number of ether oxygens (including phenoxy) is 2. The molecule has 0 saturated heterocycles. The van der Waals surface area contributed by atoms with Crippen LogP contribution in [-0.4, -0.2) is 77.1 Å². The molecule has 0 bridgehead atoms. The molecule has 1 aliphatic heterocycles. The Morgan fingerprint density at radius 1 is 1.26 bits per heavy atom. The minimum Gasteiger partial charge on any atom is -0.493 e. The third-order valence-electron chi connectivity index (χ3n) is 6.78. The first-order valence-corrected chi connectivity index (χ1v) is 11.9. The topological polar surface area (TPSA) is 129 Å². The molecule has 0 spiro atoms.